The Morgan fingerprint density at radius 3 is 2.48 bits per heavy atom. The minimum absolute atomic E-state index is 0.0925. The lowest BCUT2D eigenvalue weighted by atomic mass is 10.2. The molecular formula is C24H23N3O5S. The number of carbonyl (C=O) groups excluding carboxylic acids is 1. The number of carbonyl (C=O) groups is 1. The van der Waals surface area contributed by atoms with Gasteiger partial charge >= 0.3 is 0 Å². The van der Waals surface area contributed by atoms with Crippen molar-refractivity contribution in [3.05, 3.63) is 83.9 Å². The lowest BCUT2D eigenvalue weighted by molar-refractivity contribution is -0.119. The molecule has 0 fully saturated rings. The number of ether oxygens (including phenoxy) is 2. The molecule has 0 atom stereocenters. The predicted octanol–water partition coefficient (Wildman–Crippen LogP) is 3.11. The predicted molar refractivity (Wildman–Crippen MR) is 125 cm³/mol. The summed E-state index contributed by atoms with van der Waals surface area (Å²) in [6, 6.07) is 20.3. The molecule has 170 valence electrons. The Kier molecular flexibility index (Phi) is 6.60. The number of sulfonamides is 1. The molecule has 3 aromatic carbocycles. The number of aryl methyl sites for hydroxylation is 1. The van der Waals surface area contributed by atoms with Gasteiger partial charge in [0.1, 0.15) is 19.8 Å². The van der Waals surface area contributed by atoms with Crippen LogP contribution >= 0.6 is 0 Å². The molecule has 0 radical (unpaired) electrons. The van der Waals surface area contributed by atoms with E-state index in [4.69, 9.17) is 9.47 Å². The molecule has 8 nitrogen and oxygen atoms in total. The number of hydrogen-bond donors (Lipinski definition) is 1. The van der Waals surface area contributed by atoms with Crippen molar-refractivity contribution in [3.8, 4) is 11.5 Å². The smallest absolute Gasteiger partial charge is 0.264 e. The molecule has 1 aliphatic heterocycles. The van der Waals surface area contributed by atoms with Gasteiger partial charge in [0.15, 0.2) is 11.5 Å². The van der Waals surface area contributed by atoms with Crippen LogP contribution in [0.3, 0.4) is 0 Å². The first-order valence-corrected chi connectivity index (χ1v) is 11.7. The number of anilines is 1. The normalized spacial score (nSPS) is 13.0. The van der Waals surface area contributed by atoms with Crippen LogP contribution in [0.1, 0.15) is 11.1 Å². The van der Waals surface area contributed by atoms with Crippen LogP contribution in [0.5, 0.6) is 11.5 Å². The highest BCUT2D eigenvalue weighted by Gasteiger charge is 2.27. The summed E-state index contributed by atoms with van der Waals surface area (Å²) in [5, 5.41) is 3.98. The first-order chi connectivity index (χ1) is 15.9. The topological polar surface area (TPSA) is 97.3 Å². The van der Waals surface area contributed by atoms with Gasteiger partial charge in [0, 0.05) is 5.56 Å². The zero-order valence-electron chi connectivity index (χ0n) is 18.0. The summed E-state index contributed by atoms with van der Waals surface area (Å²) in [6.07, 6.45) is 1.44. The number of amides is 1. The van der Waals surface area contributed by atoms with Crippen molar-refractivity contribution < 1.29 is 22.7 Å². The SMILES string of the molecule is Cc1ccc(N(CC(=O)N/N=C/c2cccc3c2OCCO3)S(=O)(=O)c2ccccc2)cc1. The summed E-state index contributed by atoms with van der Waals surface area (Å²) < 4.78 is 38.8. The van der Waals surface area contributed by atoms with Crippen LogP contribution in [0.2, 0.25) is 0 Å². The Morgan fingerprint density at radius 2 is 1.73 bits per heavy atom. The van der Waals surface area contributed by atoms with Crippen molar-refractivity contribution in [2.24, 2.45) is 5.10 Å². The lowest BCUT2D eigenvalue weighted by Crippen LogP contribution is -2.39. The first kappa shape index (κ1) is 22.3. The number of hydrogen-bond acceptors (Lipinski definition) is 6. The van der Waals surface area contributed by atoms with Crippen molar-refractivity contribution in [2.75, 3.05) is 24.1 Å². The molecule has 0 saturated heterocycles. The van der Waals surface area contributed by atoms with E-state index in [1.54, 1.807) is 60.7 Å². The second-order valence-electron chi connectivity index (χ2n) is 7.32. The first-order valence-electron chi connectivity index (χ1n) is 10.3. The Morgan fingerprint density at radius 1 is 1.00 bits per heavy atom. The van der Waals surface area contributed by atoms with Crippen LogP contribution in [-0.2, 0) is 14.8 Å². The van der Waals surface area contributed by atoms with Gasteiger partial charge in [-0.1, -0.05) is 42.0 Å². The summed E-state index contributed by atoms with van der Waals surface area (Å²) in [6.45, 7) is 2.35. The molecule has 3 aromatic rings. The summed E-state index contributed by atoms with van der Waals surface area (Å²) in [7, 11) is -3.97. The van der Waals surface area contributed by atoms with Gasteiger partial charge in [-0.3, -0.25) is 9.10 Å². The highest BCUT2D eigenvalue weighted by molar-refractivity contribution is 7.92. The zero-order valence-corrected chi connectivity index (χ0v) is 18.8. The zero-order chi connectivity index (χ0) is 23.3. The van der Waals surface area contributed by atoms with Crippen molar-refractivity contribution in [1.82, 2.24) is 5.43 Å². The van der Waals surface area contributed by atoms with Gasteiger partial charge in [-0.2, -0.15) is 5.10 Å². The molecule has 0 bridgehead atoms. The van der Waals surface area contributed by atoms with Gasteiger partial charge < -0.3 is 9.47 Å². The minimum atomic E-state index is -3.97. The van der Waals surface area contributed by atoms with Crippen LogP contribution in [0.15, 0.2) is 82.8 Å². The number of para-hydroxylation sites is 1. The fourth-order valence-corrected chi connectivity index (χ4v) is 4.73. The standard InChI is InChI=1S/C24H23N3O5S/c1-18-10-12-20(13-11-18)27(33(29,30)21-7-3-2-4-8-21)17-23(28)26-25-16-19-6-5-9-22-24(19)32-15-14-31-22/h2-13,16H,14-15,17H2,1H3,(H,26,28)/b25-16+. The Balaban J connectivity index is 1.54. The number of nitrogens with one attached hydrogen (secondary N) is 1. The molecule has 1 amide bonds. The summed E-state index contributed by atoms with van der Waals surface area (Å²) in [4.78, 5) is 12.8. The van der Waals surface area contributed by atoms with Gasteiger partial charge in [-0.05, 0) is 43.3 Å². The number of rotatable bonds is 7. The number of fused-ring (bicyclic) bond motifs is 1. The second kappa shape index (κ2) is 9.74. The van der Waals surface area contributed by atoms with E-state index >= 15 is 0 Å². The molecule has 1 heterocycles. The van der Waals surface area contributed by atoms with E-state index in [2.05, 4.69) is 10.5 Å². The fraction of sp³-hybridized carbons (Fsp3) is 0.167. The van der Waals surface area contributed by atoms with Crippen LogP contribution in [0.4, 0.5) is 5.69 Å². The van der Waals surface area contributed by atoms with E-state index in [9.17, 15) is 13.2 Å². The van der Waals surface area contributed by atoms with Crippen molar-refractivity contribution >= 4 is 27.8 Å². The molecule has 0 aliphatic carbocycles. The average Bonchev–Trinajstić information content (AvgIpc) is 2.84. The van der Waals surface area contributed by atoms with E-state index in [0.717, 1.165) is 9.87 Å². The highest BCUT2D eigenvalue weighted by atomic mass is 32.2. The second-order valence-corrected chi connectivity index (χ2v) is 9.19. The summed E-state index contributed by atoms with van der Waals surface area (Å²) >= 11 is 0. The molecule has 0 spiro atoms. The molecule has 1 N–H and O–H groups in total. The number of benzene rings is 3. The third-order valence-corrected chi connectivity index (χ3v) is 6.72. The third-order valence-electron chi connectivity index (χ3n) is 4.93. The maximum Gasteiger partial charge on any atom is 0.264 e. The van der Waals surface area contributed by atoms with Crippen molar-refractivity contribution in [2.45, 2.75) is 11.8 Å². The monoisotopic (exact) mass is 465 g/mol. The molecular weight excluding hydrogens is 442 g/mol. The number of nitrogens with zero attached hydrogens (tertiary/aromatic N) is 2. The van der Waals surface area contributed by atoms with Crippen molar-refractivity contribution in [3.63, 3.8) is 0 Å². The van der Waals surface area contributed by atoms with E-state index in [-0.39, 0.29) is 4.90 Å². The summed E-state index contributed by atoms with van der Waals surface area (Å²) in [5.41, 5.74) is 4.39. The highest BCUT2D eigenvalue weighted by Crippen LogP contribution is 2.32. The van der Waals surface area contributed by atoms with Gasteiger partial charge in [0.05, 0.1) is 16.8 Å². The molecule has 33 heavy (non-hydrogen) atoms. The quantitative estimate of drug-likeness (QED) is 0.427. The Labute approximate surface area is 192 Å². The average molecular weight is 466 g/mol. The maximum atomic E-state index is 13.3. The Hall–Kier alpha value is -3.85. The lowest BCUT2D eigenvalue weighted by Gasteiger charge is -2.23. The summed E-state index contributed by atoms with van der Waals surface area (Å²) in [5.74, 6) is 0.569. The molecule has 0 aromatic heterocycles. The molecule has 0 saturated carbocycles. The van der Waals surface area contributed by atoms with Crippen LogP contribution in [0, 0.1) is 6.92 Å². The van der Waals surface area contributed by atoms with E-state index < -0.39 is 22.5 Å². The number of hydrazone groups is 1. The van der Waals surface area contributed by atoms with Crippen LogP contribution < -0.4 is 19.2 Å². The molecule has 4 rings (SSSR count). The maximum absolute atomic E-state index is 13.3. The largest absolute Gasteiger partial charge is 0.486 e. The van der Waals surface area contributed by atoms with Crippen LogP contribution in [0.25, 0.3) is 0 Å². The van der Waals surface area contributed by atoms with Crippen LogP contribution in [-0.4, -0.2) is 40.3 Å². The molecule has 9 heteroatoms. The fourth-order valence-electron chi connectivity index (χ4n) is 3.28. The van der Waals surface area contributed by atoms with E-state index in [0.29, 0.717) is 36.0 Å². The Bertz CT molecular complexity index is 1260. The van der Waals surface area contributed by atoms with Gasteiger partial charge in [-0.15, -0.1) is 0 Å². The van der Waals surface area contributed by atoms with E-state index in [1.807, 2.05) is 6.92 Å². The van der Waals surface area contributed by atoms with Gasteiger partial charge in [0.25, 0.3) is 15.9 Å². The molecule has 1 aliphatic rings. The minimum Gasteiger partial charge on any atom is -0.486 e. The van der Waals surface area contributed by atoms with Crippen molar-refractivity contribution in [1.29, 1.82) is 0 Å². The molecule has 0 unspecified atom stereocenters. The van der Waals surface area contributed by atoms with E-state index in [1.165, 1.54) is 18.3 Å². The third kappa shape index (κ3) is 5.15. The van der Waals surface area contributed by atoms with Gasteiger partial charge in [0.2, 0.25) is 0 Å². The van der Waals surface area contributed by atoms with Gasteiger partial charge in [-0.25, -0.2) is 13.8 Å².